The van der Waals surface area contributed by atoms with Crippen molar-refractivity contribution in [3.63, 3.8) is 0 Å². The highest BCUT2D eigenvalue weighted by molar-refractivity contribution is 5.94. The van der Waals surface area contributed by atoms with E-state index in [-0.39, 0.29) is 5.70 Å². The zero-order chi connectivity index (χ0) is 8.15. The third-order valence-corrected chi connectivity index (χ3v) is 1.05. The molecule has 0 atom stereocenters. The molecule has 10 heavy (non-hydrogen) atoms. The summed E-state index contributed by atoms with van der Waals surface area (Å²) in [4.78, 5) is 10.6. The fraction of sp³-hybridized carbons (Fsp3) is 0.333. The van der Waals surface area contributed by atoms with Crippen LogP contribution < -0.4 is 5.73 Å². The van der Waals surface area contributed by atoms with Crippen LogP contribution in [0.25, 0.3) is 0 Å². The van der Waals surface area contributed by atoms with E-state index in [2.05, 4.69) is 4.74 Å². The minimum atomic E-state index is -0.596. The summed E-state index contributed by atoms with van der Waals surface area (Å²) in [6.45, 7) is 1.57. The van der Waals surface area contributed by atoms with Gasteiger partial charge in [0.25, 0.3) is 0 Å². The Morgan fingerprint density at radius 1 is 1.70 bits per heavy atom. The van der Waals surface area contributed by atoms with Gasteiger partial charge in [-0.15, -0.1) is 0 Å². The molecule has 0 aromatic carbocycles. The molecule has 0 aliphatic heterocycles. The van der Waals surface area contributed by atoms with Gasteiger partial charge in [-0.05, 0) is 12.5 Å². The van der Waals surface area contributed by atoms with Gasteiger partial charge in [0.1, 0.15) is 5.70 Å². The number of rotatable bonds is 2. The highest BCUT2D eigenvalue weighted by Crippen LogP contribution is 1.95. The smallest absolute Gasteiger partial charge is 0.354 e. The second-order valence-electron chi connectivity index (χ2n) is 1.73. The SMILES string of the molecule is COC(=O)C(N)=C(C)C=N. The van der Waals surface area contributed by atoms with E-state index in [1.165, 1.54) is 7.11 Å². The van der Waals surface area contributed by atoms with Crippen LogP contribution >= 0.6 is 0 Å². The maximum absolute atomic E-state index is 10.6. The molecule has 3 N–H and O–H groups in total. The van der Waals surface area contributed by atoms with Crippen LogP contribution in [0, 0.1) is 5.41 Å². The fourth-order valence-corrected chi connectivity index (χ4v) is 0.349. The first-order valence-electron chi connectivity index (χ1n) is 2.68. The maximum atomic E-state index is 10.6. The number of allylic oxidation sites excluding steroid dienone is 1. The Labute approximate surface area is 59.2 Å². The average molecular weight is 142 g/mol. The highest BCUT2D eigenvalue weighted by atomic mass is 16.5. The van der Waals surface area contributed by atoms with Gasteiger partial charge in [0.2, 0.25) is 0 Å². The normalized spacial score (nSPS) is 11.8. The van der Waals surface area contributed by atoms with Crippen molar-refractivity contribution in [2.24, 2.45) is 5.73 Å². The van der Waals surface area contributed by atoms with Crippen LogP contribution in [-0.2, 0) is 9.53 Å². The molecule has 56 valence electrons. The van der Waals surface area contributed by atoms with Gasteiger partial charge in [0, 0.05) is 6.21 Å². The van der Waals surface area contributed by atoms with Crippen LogP contribution in [0.5, 0.6) is 0 Å². The molecule has 0 radical (unpaired) electrons. The quantitative estimate of drug-likeness (QED) is 0.324. The molecular weight excluding hydrogens is 132 g/mol. The van der Waals surface area contributed by atoms with Crippen LogP contribution in [0.3, 0.4) is 0 Å². The van der Waals surface area contributed by atoms with Gasteiger partial charge >= 0.3 is 5.97 Å². The van der Waals surface area contributed by atoms with Crippen molar-refractivity contribution in [3.8, 4) is 0 Å². The summed E-state index contributed by atoms with van der Waals surface area (Å²) in [7, 11) is 1.24. The summed E-state index contributed by atoms with van der Waals surface area (Å²) in [6.07, 6.45) is 1.01. The summed E-state index contributed by atoms with van der Waals surface area (Å²) in [5.41, 5.74) is 5.63. The van der Waals surface area contributed by atoms with Crippen molar-refractivity contribution in [2.75, 3.05) is 7.11 Å². The lowest BCUT2D eigenvalue weighted by molar-refractivity contribution is -0.136. The van der Waals surface area contributed by atoms with E-state index in [4.69, 9.17) is 11.1 Å². The van der Waals surface area contributed by atoms with Crippen molar-refractivity contribution < 1.29 is 9.53 Å². The topological polar surface area (TPSA) is 76.2 Å². The molecule has 0 rings (SSSR count). The summed E-state index contributed by atoms with van der Waals surface area (Å²) in [5.74, 6) is -0.596. The number of carbonyl (C=O) groups is 1. The Hall–Kier alpha value is -1.32. The van der Waals surface area contributed by atoms with E-state index >= 15 is 0 Å². The highest BCUT2D eigenvalue weighted by Gasteiger charge is 2.05. The minimum Gasteiger partial charge on any atom is -0.464 e. The third kappa shape index (κ3) is 1.89. The number of hydrogen-bond acceptors (Lipinski definition) is 4. The van der Waals surface area contributed by atoms with E-state index in [0.717, 1.165) is 6.21 Å². The van der Waals surface area contributed by atoms with Crippen molar-refractivity contribution in [3.05, 3.63) is 11.3 Å². The zero-order valence-electron chi connectivity index (χ0n) is 5.97. The summed E-state index contributed by atoms with van der Waals surface area (Å²) >= 11 is 0. The Kier molecular flexibility index (Phi) is 3.17. The standard InChI is InChI=1S/C6H10N2O2/c1-4(3-7)5(8)6(9)10-2/h3,7H,8H2,1-2H3. The lowest BCUT2D eigenvalue weighted by Gasteiger charge is -1.99. The van der Waals surface area contributed by atoms with Crippen molar-refractivity contribution in [2.45, 2.75) is 6.92 Å². The van der Waals surface area contributed by atoms with Gasteiger partial charge in [-0.3, -0.25) is 0 Å². The molecule has 0 fully saturated rings. The first-order chi connectivity index (χ1) is 4.63. The molecule has 0 saturated carbocycles. The molecular formula is C6H10N2O2. The second-order valence-corrected chi connectivity index (χ2v) is 1.73. The Balaban J connectivity index is 4.45. The molecule has 0 spiro atoms. The predicted molar refractivity (Wildman–Crippen MR) is 37.7 cm³/mol. The Bertz CT molecular complexity index is 184. The zero-order valence-corrected chi connectivity index (χ0v) is 5.97. The first kappa shape index (κ1) is 8.68. The molecule has 4 nitrogen and oxygen atoms in total. The molecule has 0 aliphatic carbocycles. The maximum Gasteiger partial charge on any atom is 0.354 e. The molecule has 0 unspecified atom stereocenters. The molecule has 4 heteroatoms. The van der Waals surface area contributed by atoms with E-state index in [9.17, 15) is 4.79 Å². The molecule has 0 bridgehead atoms. The second kappa shape index (κ2) is 3.66. The van der Waals surface area contributed by atoms with Crippen molar-refractivity contribution >= 4 is 12.2 Å². The van der Waals surface area contributed by atoms with Gasteiger partial charge in [0.15, 0.2) is 0 Å². The van der Waals surface area contributed by atoms with Crippen LogP contribution in [0.15, 0.2) is 11.3 Å². The molecule has 0 saturated heterocycles. The van der Waals surface area contributed by atoms with E-state index in [0.29, 0.717) is 5.57 Å². The van der Waals surface area contributed by atoms with Crippen LogP contribution in [0.2, 0.25) is 0 Å². The summed E-state index contributed by atoms with van der Waals surface area (Å²) < 4.78 is 4.31. The van der Waals surface area contributed by atoms with Crippen molar-refractivity contribution in [1.82, 2.24) is 0 Å². The van der Waals surface area contributed by atoms with Gasteiger partial charge in [-0.2, -0.15) is 0 Å². The molecule has 0 aromatic heterocycles. The number of nitrogens with two attached hydrogens (primary N) is 1. The number of nitrogens with one attached hydrogen (secondary N) is 1. The van der Waals surface area contributed by atoms with E-state index in [1.807, 2.05) is 0 Å². The van der Waals surface area contributed by atoms with Gasteiger partial charge in [-0.1, -0.05) is 0 Å². The number of esters is 1. The summed E-state index contributed by atoms with van der Waals surface area (Å²) in [5, 5.41) is 6.74. The first-order valence-corrected chi connectivity index (χ1v) is 2.68. The lowest BCUT2D eigenvalue weighted by Crippen LogP contribution is -2.15. The monoisotopic (exact) mass is 142 g/mol. The fourth-order valence-electron chi connectivity index (χ4n) is 0.349. The van der Waals surface area contributed by atoms with Crippen LogP contribution in [-0.4, -0.2) is 19.3 Å². The predicted octanol–water partition coefficient (Wildman–Crippen LogP) is 0.0417. The lowest BCUT2D eigenvalue weighted by atomic mass is 10.2. The Morgan fingerprint density at radius 2 is 2.20 bits per heavy atom. The number of methoxy groups -OCH3 is 1. The molecule has 0 amide bonds. The third-order valence-electron chi connectivity index (χ3n) is 1.05. The van der Waals surface area contributed by atoms with Crippen LogP contribution in [0.1, 0.15) is 6.92 Å². The molecule has 0 heterocycles. The average Bonchev–Trinajstić information content (AvgIpc) is 2.00. The van der Waals surface area contributed by atoms with Gasteiger partial charge in [0.05, 0.1) is 7.11 Å². The van der Waals surface area contributed by atoms with E-state index < -0.39 is 5.97 Å². The summed E-state index contributed by atoms with van der Waals surface area (Å²) in [6, 6.07) is 0. The number of hydrogen-bond donors (Lipinski definition) is 2. The van der Waals surface area contributed by atoms with E-state index in [1.54, 1.807) is 6.92 Å². The largest absolute Gasteiger partial charge is 0.464 e. The minimum absolute atomic E-state index is 0.0162. The Morgan fingerprint density at radius 3 is 2.50 bits per heavy atom. The van der Waals surface area contributed by atoms with Crippen molar-refractivity contribution in [1.29, 1.82) is 5.41 Å². The van der Waals surface area contributed by atoms with Gasteiger partial charge < -0.3 is 15.9 Å². The molecule has 0 aromatic rings. The number of ether oxygens (including phenoxy) is 1. The van der Waals surface area contributed by atoms with Gasteiger partial charge in [-0.25, -0.2) is 4.79 Å². The van der Waals surface area contributed by atoms with Crippen LogP contribution in [0.4, 0.5) is 0 Å². The number of carbonyl (C=O) groups excluding carboxylic acids is 1. The molecule has 0 aliphatic rings.